The zero-order valence-corrected chi connectivity index (χ0v) is 8.27. The molecule has 0 spiro atoms. The minimum atomic E-state index is 0.682. The molecule has 0 saturated carbocycles. The Morgan fingerprint density at radius 3 is 2.92 bits per heavy atom. The van der Waals surface area contributed by atoms with Crippen LogP contribution < -0.4 is 16.0 Å². The third-order valence-electron chi connectivity index (χ3n) is 1.79. The van der Waals surface area contributed by atoms with E-state index in [1.807, 2.05) is 12.1 Å². The van der Waals surface area contributed by atoms with Gasteiger partial charge < -0.3 is 4.74 Å². The highest BCUT2D eigenvalue weighted by Gasteiger charge is 2.02. The number of halogens is 1. The van der Waals surface area contributed by atoms with Crippen LogP contribution in [0.2, 0.25) is 5.02 Å². The van der Waals surface area contributed by atoms with Crippen LogP contribution in [0.1, 0.15) is 5.56 Å². The zero-order chi connectivity index (χ0) is 9.68. The van der Waals surface area contributed by atoms with Gasteiger partial charge in [-0.05, 0) is 24.1 Å². The molecule has 1 aromatic carbocycles. The first-order valence-corrected chi connectivity index (χ1v) is 4.41. The summed E-state index contributed by atoms with van der Waals surface area (Å²) in [5.74, 6) is 5.99. The van der Waals surface area contributed by atoms with Crippen molar-refractivity contribution >= 4 is 11.6 Å². The van der Waals surface area contributed by atoms with Crippen LogP contribution in [0.25, 0.3) is 0 Å². The van der Waals surface area contributed by atoms with Gasteiger partial charge in [-0.1, -0.05) is 17.7 Å². The van der Waals surface area contributed by atoms with E-state index in [9.17, 15) is 0 Å². The van der Waals surface area contributed by atoms with Gasteiger partial charge in [0.15, 0.2) is 0 Å². The van der Waals surface area contributed by atoms with Crippen molar-refractivity contribution in [3.63, 3.8) is 0 Å². The van der Waals surface area contributed by atoms with Gasteiger partial charge in [0.05, 0.1) is 7.11 Å². The summed E-state index contributed by atoms with van der Waals surface area (Å²) in [6.45, 7) is 0.720. The normalized spacial score (nSPS) is 10.1. The molecule has 0 aliphatic carbocycles. The second-order valence-electron chi connectivity index (χ2n) is 2.66. The van der Waals surface area contributed by atoms with Crippen molar-refractivity contribution in [3.8, 4) is 5.75 Å². The Hall–Kier alpha value is -0.770. The zero-order valence-electron chi connectivity index (χ0n) is 7.51. The maximum Gasteiger partial charge on any atom is 0.123 e. The quantitative estimate of drug-likeness (QED) is 0.570. The number of hydrogen-bond donors (Lipinski definition) is 2. The second-order valence-corrected chi connectivity index (χ2v) is 3.10. The Morgan fingerprint density at radius 2 is 2.31 bits per heavy atom. The number of hydrogen-bond acceptors (Lipinski definition) is 3. The topological polar surface area (TPSA) is 47.3 Å². The number of nitrogens with one attached hydrogen (secondary N) is 1. The molecule has 3 nitrogen and oxygen atoms in total. The highest BCUT2D eigenvalue weighted by atomic mass is 35.5. The molecule has 0 radical (unpaired) electrons. The van der Waals surface area contributed by atoms with Gasteiger partial charge in [0.1, 0.15) is 5.75 Å². The molecule has 0 aromatic heterocycles. The van der Waals surface area contributed by atoms with Crippen LogP contribution in [-0.2, 0) is 6.42 Å². The molecule has 0 unspecified atom stereocenters. The average molecular weight is 201 g/mol. The minimum absolute atomic E-state index is 0.682. The minimum Gasteiger partial charge on any atom is -0.496 e. The lowest BCUT2D eigenvalue weighted by Crippen LogP contribution is -2.24. The highest BCUT2D eigenvalue weighted by Crippen LogP contribution is 2.23. The van der Waals surface area contributed by atoms with E-state index in [1.165, 1.54) is 0 Å². The van der Waals surface area contributed by atoms with Gasteiger partial charge in [0.2, 0.25) is 0 Å². The maximum absolute atomic E-state index is 5.81. The number of nitrogens with two attached hydrogens (primary N) is 1. The second kappa shape index (κ2) is 5.07. The molecule has 0 atom stereocenters. The highest BCUT2D eigenvalue weighted by molar-refractivity contribution is 6.30. The van der Waals surface area contributed by atoms with Crippen molar-refractivity contribution in [1.29, 1.82) is 0 Å². The molecule has 3 N–H and O–H groups in total. The molecular weight excluding hydrogens is 188 g/mol. The largest absolute Gasteiger partial charge is 0.496 e. The van der Waals surface area contributed by atoms with Crippen LogP contribution in [0.5, 0.6) is 5.75 Å². The van der Waals surface area contributed by atoms with Crippen molar-refractivity contribution < 1.29 is 4.74 Å². The van der Waals surface area contributed by atoms with Crippen LogP contribution in [0.15, 0.2) is 18.2 Å². The Kier molecular flexibility index (Phi) is 4.02. The summed E-state index contributed by atoms with van der Waals surface area (Å²) in [7, 11) is 1.63. The summed E-state index contributed by atoms with van der Waals surface area (Å²) in [6.07, 6.45) is 0.830. The number of benzene rings is 1. The average Bonchev–Trinajstić information content (AvgIpc) is 2.16. The van der Waals surface area contributed by atoms with Crippen LogP contribution >= 0.6 is 11.6 Å². The fourth-order valence-electron chi connectivity index (χ4n) is 1.13. The summed E-state index contributed by atoms with van der Waals surface area (Å²) in [6, 6.07) is 5.59. The van der Waals surface area contributed by atoms with E-state index in [4.69, 9.17) is 22.2 Å². The Balaban J connectivity index is 2.79. The van der Waals surface area contributed by atoms with Crippen LogP contribution in [0.3, 0.4) is 0 Å². The fraction of sp³-hybridized carbons (Fsp3) is 0.333. The van der Waals surface area contributed by atoms with Gasteiger partial charge in [-0.2, -0.15) is 0 Å². The van der Waals surface area contributed by atoms with E-state index in [0.29, 0.717) is 5.02 Å². The molecular formula is C9H13ClN2O. The summed E-state index contributed by atoms with van der Waals surface area (Å²) in [4.78, 5) is 0. The Morgan fingerprint density at radius 1 is 1.54 bits per heavy atom. The van der Waals surface area contributed by atoms with Gasteiger partial charge in [0.25, 0.3) is 0 Å². The van der Waals surface area contributed by atoms with Crippen molar-refractivity contribution in [2.45, 2.75) is 6.42 Å². The third-order valence-corrected chi connectivity index (χ3v) is 2.02. The maximum atomic E-state index is 5.81. The SMILES string of the molecule is COc1cc(Cl)ccc1CCNN. The lowest BCUT2D eigenvalue weighted by Gasteiger charge is -2.07. The van der Waals surface area contributed by atoms with E-state index in [2.05, 4.69) is 5.43 Å². The van der Waals surface area contributed by atoms with Crippen molar-refractivity contribution in [2.24, 2.45) is 5.84 Å². The number of rotatable bonds is 4. The summed E-state index contributed by atoms with van der Waals surface area (Å²) < 4.78 is 5.17. The number of hydrazine groups is 1. The smallest absolute Gasteiger partial charge is 0.123 e. The van der Waals surface area contributed by atoms with E-state index >= 15 is 0 Å². The number of methoxy groups -OCH3 is 1. The third kappa shape index (κ3) is 2.88. The summed E-state index contributed by atoms with van der Waals surface area (Å²) in [5, 5.41) is 0.682. The van der Waals surface area contributed by atoms with E-state index in [1.54, 1.807) is 13.2 Å². The molecule has 72 valence electrons. The van der Waals surface area contributed by atoms with E-state index < -0.39 is 0 Å². The molecule has 4 heteroatoms. The molecule has 13 heavy (non-hydrogen) atoms. The summed E-state index contributed by atoms with van der Waals surface area (Å²) >= 11 is 5.81. The van der Waals surface area contributed by atoms with Crippen molar-refractivity contribution in [3.05, 3.63) is 28.8 Å². The van der Waals surface area contributed by atoms with Crippen LogP contribution in [0.4, 0.5) is 0 Å². The Labute approximate surface area is 82.8 Å². The van der Waals surface area contributed by atoms with E-state index in [0.717, 1.165) is 24.3 Å². The standard InChI is InChI=1S/C9H13ClN2O/c1-13-9-6-8(10)3-2-7(9)4-5-12-11/h2-3,6,12H,4-5,11H2,1H3. The molecule has 0 fully saturated rings. The Bertz CT molecular complexity index is 278. The first-order chi connectivity index (χ1) is 6.27. The summed E-state index contributed by atoms with van der Waals surface area (Å²) in [5.41, 5.74) is 3.70. The molecule has 1 aromatic rings. The van der Waals surface area contributed by atoms with Crippen molar-refractivity contribution in [2.75, 3.05) is 13.7 Å². The molecule has 0 heterocycles. The molecule has 0 aliphatic heterocycles. The van der Waals surface area contributed by atoms with Gasteiger partial charge in [-0.25, -0.2) is 0 Å². The molecule has 0 aliphatic rings. The van der Waals surface area contributed by atoms with Gasteiger partial charge in [0, 0.05) is 11.6 Å². The molecule has 0 bridgehead atoms. The van der Waals surface area contributed by atoms with Gasteiger partial charge in [-0.15, -0.1) is 0 Å². The molecule has 1 rings (SSSR count). The van der Waals surface area contributed by atoms with Crippen molar-refractivity contribution in [1.82, 2.24) is 5.43 Å². The predicted octanol–water partition coefficient (Wildman–Crippen LogP) is 1.35. The van der Waals surface area contributed by atoms with Gasteiger partial charge >= 0.3 is 0 Å². The van der Waals surface area contributed by atoms with Crippen LogP contribution in [-0.4, -0.2) is 13.7 Å². The number of ether oxygens (including phenoxy) is 1. The van der Waals surface area contributed by atoms with E-state index in [-0.39, 0.29) is 0 Å². The monoisotopic (exact) mass is 200 g/mol. The lowest BCUT2D eigenvalue weighted by molar-refractivity contribution is 0.409. The lowest BCUT2D eigenvalue weighted by atomic mass is 10.1. The first kappa shape index (κ1) is 10.3. The predicted molar refractivity (Wildman–Crippen MR) is 53.9 cm³/mol. The molecule has 0 amide bonds. The van der Waals surface area contributed by atoms with Crippen LogP contribution in [0, 0.1) is 0 Å². The van der Waals surface area contributed by atoms with Gasteiger partial charge in [-0.3, -0.25) is 11.3 Å². The molecule has 0 saturated heterocycles. The fourth-order valence-corrected chi connectivity index (χ4v) is 1.29. The first-order valence-electron chi connectivity index (χ1n) is 4.04.